The van der Waals surface area contributed by atoms with Gasteiger partial charge in [-0.3, -0.25) is 5.10 Å². The number of aliphatic hydroxyl groups is 2. The number of aliphatic hydroxyl groups excluding tert-OH is 2. The van der Waals surface area contributed by atoms with Crippen molar-refractivity contribution >= 4 is 0 Å². The predicted molar refractivity (Wildman–Crippen MR) is 80.0 cm³/mol. The number of nitrogens with two attached hydrogens (primary N) is 1. The van der Waals surface area contributed by atoms with Crippen molar-refractivity contribution in [3.8, 4) is 11.4 Å². The van der Waals surface area contributed by atoms with E-state index in [0.717, 1.165) is 23.5 Å². The summed E-state index contributed by atoms with van der Waals surface area (Å²) >= 11 is 0. The third-order valence-corrected chi connectivity index (χ3v) is 4.31. The minimum Gasteiger partial charge on any atom is -0.394 e. The van der Waals surface area contributed by atoms with Crippen LogP contribution in [0.5, 0.6) is 0 Å². The maximum absolute atomic E-state index is 9.79. The van der Waals surface area contributed by atoms with Gasteiger partial charge >= 0.3 is 0 Å². The molecule has 22 heavy (non-hydrogen) atoms. The van der Waals surface area contributed by atoms with E-state index in [4.69, 9.17) is 5.73 Å². The van der Waals surface area contributed by atoms with E-state index in [1.54, 1.807) is 10.9 Å². The number of aryl methyl sites for hydroxylation is 1. The number of nitrogens with zero attached hydrogens (tertiary/aromatic N) is 4. The van der Waals surface area contributed by atoms with Gasteiger partial charge < -0.3 is 15.9 Å². The number of rotatable bonds is 4. The van der Waals surface area contributed by atoms with Gasteiger partial charge in [0.25, 0.3) is 0 Å². The Kier molecular flexibility index (Phi) is 4.23. The summed E-state index contributed by atoms with van der Waals surface area (Å²) in [5.41, 5.74) is 7.75. The number of nitrogens with one attached hydrogen (secondary N) is 1. The third kappa shape index (κ3) is 2.77. The standard InChI is InChI=1S/C14H22N6O2/c1-8-10(7-16-18-8)13-17-14(20(19-13)4-5-21)9-2-3-12(22)11(15)6-9/h7,9,11-12,21-22H,2-6,15H2,1H3,(H,16,18)/t9-,11+,12+/m0/s1. The van der Waals surface area contributed by atoms with Gasteiger partial charge in [-0.1, -0.05) is 0 Å². The molecule has 0 saturated heterocycles. The van der Waals surface area contributed by atoms with E-state index in [1.165, 1.54) is 0 Å². The summed E-state index contributed by atoms with van der Waals surface area (Å²) in [6.45, 7) is 2.32. The van der Waals surface area contributed by atoms with Crippen molar-refractivity contribution < 1.29 is 10.2 Å². The van der Waals surface area contributed by atoms with Gasteiger partial charge in [-0.25, -0.2) is 9.67 Å². The average molecular weight is 306 g/mol. The molecule has 0 aliphatic heterocycles. The van der Waals surface area contributed by atoms with E-state index in [1.807, 2.05) is 6.92 Å². The number of aromatic nitrogens is 5. The fraction of sp³-hybridized carbons (Fsp3) is 0.643. The van der Waals surface area contributed by atoms with Gasteiger partial charge in [0.1, 0.15) is 5.82 Å². The Labute approximate surface area is 128 Å². The molecule has 0 spiro atoms. The van der Waals surface area contributed by atoms with Crippen molar-refractivity contribution in [3.63, 3.8) is 0 Å². The molecule has 0 aromatic carbocycles. The highest BCUT2D eigenvalue weighted by molar-refractivity contribution is 5.56. The summed E-state index contributed by atoms with van der Waals surface area (Å²) in [7, 11) is 0. The molecule has 2 aromatic heterocycles. The van der Waals surface area contributed by atoms with Crippen LogP contribution in [-0.4, -0.2) is 53.9 Å². The molecule has 1 saturated carbocycles. The third-order valence-electron chi connectivity index (χ3n) is 4.31. The Morgan fingerprint density at radius 2 is 2.27 bits per heavy atom. The molecule has 0 unspecified atom stereocenters. The molecule has 0 radical (unpaired) electrons. The largest absolute Gasteiger partial charge is 0.394 e. The van der Waals surface area contributed by atoms with Crippen LogP contribution in [0.15, 0.2) is 6.20 Å². The maximum Gasteiger partial charge on any atom is 0.184 e. The molecule has 1 aliphatic carbocycles. The Morgan fingerprint density at radius 1 is 1.45 bits per heavy atom. The van der Waals surface area contributed by atoms with Crippen LogP contribution in [0.25, 0.3) is 11.4 Å². The Morgan fingerprint density at radius 3 is 2.91 bits per heavy atom. The van der Waals surface area contributed by atoms with E-state index in [9.17, 15) is 10.2 Å². The summed E-state index contributed by atoms with van der Waals surface area (Å²) in [4.78, 5) is 4.66. The molecule has 8 heteroatoms. The Balaban J connectivity index is 1.93. The second kappa shape index (κ2) is 6.15. The van der Waals surface area contributed by atoms with Crippen molar-refractivity contribution in [2.45, 2.75) is 50.8 Å². The van der Waals surface area contributed by atoms with Crippen molar-refractivity contribution in [2.24, 2.45) is 5.73 Å². The molecule has 1 fully saturated rings. The van der Waals surface area contributed by atoms with Crippen molar-refractivity contribution in [2.75, 3.05) is 6.61 Å². The normalized spacial score (nSPS) is 25.5. The zero-order valence-electron chi connectivity index (χ0n) is 12.6. The lowest BCUT2D eigenvalue weighted by atomic mass is 9.83. The molecule has 2 aromatic rings. The average Bonchev–Trinajstić information content (AvgIpc) is 3.09. The van der Waals surface area contributed by atoms with Crippen molar-refractivity contribution in [1.82, 2.24) is 25.0 Å². The van der Waals surface area contributed by atoms with Crippen LogP contribution in [0.3, 0.4) is 0 Å². The summed E-state index contributed by atoms with van der Waals surface area (Å²) in [6, 6.07) is -0.239. The lowest BCUT2D eigenvalue weighted by Gasteiger charge is -2.30. The molecule has 2 heterocycles. The summed E-state index contributed by atoms with van der Waals surface area (Å²) < 4.78 is 1.75. The Bertz CT molecular complexity index is 637. The molecule has 120 valence electrons. The van der Waals surface area contributed by atoms with Gasteiger partial charge in [0.05, 0.1) is 31.0 Å². The van der Waals surface area contributed by atoms with Crippen molar-refractivity contribution in [3.05, 3.63) is 17.7 Å². The first-order valence-corrected chi connectivity index (χ1v) is 7.59. The molecule has 1 aliphatic rings. The number of aromatic amines is 1. The van der Waals surface area contributed by atoms with E-state index in [-0.39, 0.29) is 18.6 Å². The smallest absolute Gasteiger partial charge is 0.184 e. The summed E-state index contributed by atoms with van der Waals surface area (Å²) in [6.07, 6.45) is 3.42. The van der Waals surface area contributed by atoms with Gasteiger partial charge in [0, 0.05) is 17.7 Å². The monoisotopic (exact) mass is 306 g/mol. The lowest BCUT2D eigenvalue weighted by molar-refractivity contribution is 0.0982. The molecule has 5 N–H and O–H groups in total. The van der Waals surface area contributed by atoms with Gasteiger partial charge in [-0.2, -0.15) is 10.2 Å². The first-order chi connectivity index (χ1) is 10.6. The van der Waals surface area contributed by atoms with Crippen LogP contribution in [0, 0.1) is 6.92 Å². The fourth-order valence-electron chi connectivity index (χ4n) is 3.03. The summed E-state index contributed by atoms with van der Waals surface area (Å²) in [5, 5.41) is 30.4. The van der Waals surface area contributed by atoms with Gasteiger partial charge in [-0.05, 0) is 26.2 Å². The van der Waals surface area contributed by atoms with Gasteiger partial charge in [-0.15, -0.1) is 0 Å². The lowest BCUT2D eigenvalue weighted by Crippen LogP contribution is -2.40. The second-order valence-corrected chi connectivity index (χ2v) is 5.89. The molecule has 0 amide bonds. The molecule has 0 bridgehead atoms. The minimum absolute atomic E-state index is 0.00156. The molecule has 8 nitrogen and oxygen atoms in total. The van der Waals surface area contributed by atoms with Gasteiger partial charge in [0.15, 0.2) is 5.82 Å². The zero-order valence-corrected chi connectivity index (χ0v) is 12.6. The predicted octanol–water partition coefficient (Wildman–Crippen LogP) is -0.0754. The number of hydrogen-bond acceptors (Lipinski definition) is 6. The fourth-order valence-corrected chi connectivity index (χ4v) is 3.03. The van der Waals surface area contributed by atoms with E-state index >= 15 is 0 Å². The second-order valence-electron chi connectivity index (χ2n) is 5.89. The van der Waals surface area contributed by atoms with E-state index in [0.29, 0.717) is 25.2 Å². The SMILES string of the molecule is Cc1[nH]ncc1-c1nc([C@H]2CC[C@@H](O)[C@H](N)C2)n(CCO)n1. The number of hydrogen-bond donors (Lipinski definition) is 4. The minimum atomic E-state index is -0.443. The van der Waals surface area contributed by atoms with Crippen LogP contribution in [0.2, 0.25) is 0 Å². The highest BCUT2D eigenvalue weighted by atomic mass is 16.3. The molecule has 3 rings (SSSR count). The molecule has 3 atom stereocenters. The van der Waals surface area contributed by atoms with Crippen LogP contribution in [-0.2, 0) is 6.54 Å². The van der Waals surface area contributed by atoms with Crippen LogP contribution in [0.4, 0.5) is 0 Å². The highest BCUT2D eigenvalue weighted by Crippen LogP contribution is 2.32. The topological polar surface area (TPSA) is 126 Å². The van der Waals surface area contributed by atoms with Crippen LogP contribution >= 0.6 is 0 Å². The number of H-pyrrole nitrogens is 1. The first-order valence-electron chi connectivity index (χ1n) is 7.59. The zero-order chi connectivity index (χ0) is 15.7. The quantitative estimate of drug-likeness (QED) is 0.626. The summed E-state index contributed by atoms with van der Waals surface area (Å²) in [5.74, 6) is 1.58. The van der Waals surface area contributed by atoms with Gasteiger partial charge in [0.2, 0.25) is 0 Å². The maximum atomic E-state index is 9.79. The molecular weight excluding hydrogens is 284 g/mol. The van der Waals surface area contributed by atoms with E-state index in [2.05, 4.69) is 20.3 Å². The highest BCUT2D eigenvalue weighted by Gasteiger charge is 2.31. The first kappa shape index (κ1) is 15.1. The van der Waals surface area contributed by atoms with E-state index < -0.39 is 6.10 Å². The Hall–Kier alpha value is -1.77. The molecular formula is C14H22N6O2. The van der Waals surface area contributed by atoms with Crippen LogP contribution in [0.1, 0.15) is 36.7 Å². The van der Waals surface area contributed by atoms with Crippen molar-refractivity contribution in [1.29, 1.82) is 0 Å². The van der Waals surface area contributed by atoms with Crippen LogP contribution < -0.4 is 5.73 Å².